The van der Waals surface area contributed by atoms with E-state index in [9.17, 15) is 9.59 Å². The van der Waals surface area contributed by atoms with Crippen molar-refractivity contribution in [2.24, 2.45) is 17.3 Å². The highest BCUT2D eigenvalue weighted by molar-refractivity contribution is 5.96. The number of ether oxygens (including phenoxy) is 1. The maximum absolute atomic E-state index is 13.1. The fourth-order valence-corrected chi connectivity index (χ4v) is 4.37. The van der Waals surface area contributed by atoms with Gasteiger partial charge < -0.3 is 9.64 Å². The molecule has 5 nitrogen and oxygen atoms in total. The number of hydrogen-bond acceptors (Lipinski definition) is 3. The predicted octanol–water partition coefficient (Wildman–Crippen LogP) is 5.24. The average molecular weight is 387 g/mol. The van der Waals surface area contributed by atoms with Gasteiger partial charge in [0, 0.05) is 24.3 Å². The average Bonchev–Trinajstić information content (AvgIpc) is 2.65. The van der Waals surface area contributed by atoms with Gasteiger partial charge in [0.05, 0.1) is 6.61 Å². The van der Waals surface area contributed by atoms with Gasteiger partial charge in [0.1, 0.15) is 0 Å². The zero-order valence-corrected chi connectivity index (χ0v) is 17.7. The van der Waals surface area contributed by atoms with Crippen LogP contribution in [0.2, 0.25) is 0 Å². The maximum Gasteiger partial charge on any atom is 0.411 e. The molecule has 5 heteroatoms. The Labute approximate surface area is 168 Å². The molecule has 2 atom stereocenters. The monoisotopic (exact) mass is 386 g/mol. The number of aryl methyl sites for hydroxylation is 1. The van der Waals surface area contributed by atoms with Crippen LogP contribution in [-0.2, 0) is 4.74 Å². The number of nitrogens with zero attached hydrogens (tertiary/aromatic N) is 1. The highest BCUT2D eigenvalue weighted by Crippen LogP contribution is 2.36. The summed E-state index contributed by atoms with van der Waals surface area (Å²) >= 11 is 0. The third kappa shape index (κ3) is 5.27. The quantitative estimate of drug-likeness (QED) is 0.772. The first-order valence-electron chi connectivity index (χ1n) is 10.6. The van der Waals surface area contributed by atoms with Gasteiger partial charge in [0.2, 0.25) is 0 Å². The minimum Gasteiger partial charge on any atom is -0.449 e. The zero-order valence-electron chi connectivity index (χ0n) is 17.7. The number of carbonyl (C=O) groups excluding carboxylic acids is 2. The summed E-state index contributed by atoms with van der Waals surface area (Å²) in [6.07, 6.45) is 5.90. The van der Waals surface area contributed by atoms with Crippen molar-refractivity contribution in [1.82, 2.24) is 4.90 Å². The second-order valence-electron chi connectivity index (χ2n) is 9.64. The summed E-state index contributed by atoms with van der Waals surface area (Å²) in [5.41, 5.74) is 2.18. The molecule has 0 bridgehead atoms. The van der Waals surface area contributed by atoms with E-state index in [1.807, 2.05) is 44.7 Å². The largest absolute Gasteiger partial charge is 0.449 e. The van der Waals surface area contributed by atoms with E-state index in [4.69, 9.17) is 4.74 Å². The number of rotatable bonds is 3. The van der Waals surface area contributed by atoms with E-state index in [-0.39, 0.29) is 11.3 Å². The third-order valence-electron chi connectivity index (χ3n) is 5.92. The molecule has 1 heterocycles. The number of anilines is 1. The minimum atomic E-state index is -0.465. The van der Waals surface area contributed by atoms with Crippen LogP contribution < -0.4 is 5.32 Å². The van der Waals surface area contributed by atoms with Crippen molar-refractivity contribution in [3.8, 4) is 0 Å². The number of fused-ring (bicyclic) bond motifs is 1. The van der Waals surface area contributed by atoms with E-state index < -0.39 is 6.09 Å². The molecule has 1 aliphatic carbocycles. The lowest BCUT2D eigenvalue weighted by atomic mass is 9.75. The molecular formula is C23H34N2O3. The van der Waals surface area contributed by atoms with Gasteiger partial charge in [-0.2, -0.15) is 0 Å². The van der Waals surface area contributed by atoms with Gasteiger partial charge in [0.25, 0.3) is 5.91 Å². The summed E-state index contributed by atoms with van der Waals surface area (Å²) in [5, 5.41) is 2.75. The van der Waals surface area contributed by atoms with Crippen LogP contribution >= 0.6 is 0 Å². The van der Waals surface area contributed by atoms with Crippen molar-refractivity contribution in [2.45, 2.75) is 59.8 Å². The third-order valence-corrected chi connectivity index (χ3v) is 5.92. The highest BCUT2D eigenvalue weighted by Gasteiger charge is 2.33. The molecule has 2 aliphatic rings. The lowest BCUT2D eigenvalue weighted by Crippen LogP contribution is -2.44. The van der Waals surface area contributed by atoms with Crippen molar-refractivity contribution < 1.29 is 14.3 Å². The fraction of sp³-hybridized carbons (Fsp3) is 0.652. The van der Waals surface area contributed by atoms with Gasteiger partial charge in [-0.25, -0.2) is 4.79 Å². The Morgan fingerprint density at radius 3 is 2.54 bits per heavy atom. The van der Waals surface area contributed by atoms with Crippen molar-refractivity contribution in [3.63, 3.8) is 0 Å². The minimum absolute atomic E-state index is 0.0741. The lowest BCUT2D eigenvalue weighted by molar-refractivity contribution is 0.0520. The molecule has 1 saturated carbocycles. The Kier molecular flexibility index (Phi) is 6.31. The molecule has 0 spiro atoms. The summed E-state index contributed by atoms with van der Waals surface area (Å²) in [5.74, 6) is 1.60. The van der Waals surface area contributed by atoms with Gasteiger partial charge in [-0.15, -0.1) is 0 Å². The van der Waals surface area contributed by atoms with Crippen LogP contribution in [0.1, 0.15) is 68.8 Å². The van der Waals surface area contributed by atoms with Gasteiger partial charge >= 0.3 is 6.09 Å². The summed E-state index contributed by atoms with van der Waals surface area (Å²) < 4.78 is 5.25. The summed E-state index contributed by atoms with van der Waals surface area (Å²) in [6, 6.07) is 5.45. The molecule has 2 amide bonds. The van der Waals surface area contributed by atoms with E-state index in [1.165, 1.54) is 25.7 Å². The number of hydrogen-bond donors (Lipinski definition) is 1. The molecule has 1 aromatic rings. The van der Waals surface area contributed by atoms with E-state index in [0.29, 0.717) is 18.2 Å². The van der Waals surface area contributed by atoms with Crippen molar-refractivity contribution in [2.75, 3.05) is 25.0 Å². The Bertz CT molecular complexity index is 723. The Morgan fingerprint density at radius 2 is 1.86 bits per heavy atom. The van der Waals surface area contributed by atoms with Crippen LogP contribution in [0.25, 0.3) is 0 Å². The first-order valence-corrected chi connectivity index (χ1v) is 10.6. The number of likely N-dealkylation sites (tertiary alicyclic amines) is 1. The number of benzene rings is 1. The van der Waals surface area contributed by atoms with Crippen LogP contribution in [0.4, 0.5) is 10.5 Å². The zero-order chi connectivity index (χ0) is 20.3. The number of amides is 2. The van der Waals surface area contributed by atoms with Crippen LogP contribution in [-0.4, -0.2) is 36.6 Å². The predicted molar refractivity (Wildman–Crippen MR) is 112 cm³/mol. The molecular weight excluding hydrogens is 352 g/mol. The van der Waals surface area contributed by atoms with Crippen molar-refractivity contribution >= 4 is 17.7 Å². The fourth-order valence-electron chi connectivity index (χ4n) is 4.37. The normalized spacial score (nSPS) is 22.4. The maximum atomic E-state index is 13.1. The highest BCUT2D eigenvalue weighted by atomic mass is 16.5. The molecule has 1 aliphatic heterocycles. The van der Waals surface area contributed by atoms with Crippen LogP contribution in [0.15, 0.2) is 18.2 Å². The van der Waals surface area contributed by atoms with E-state index in [2.05, 4.69) is 5.32 Å². The van der Waals surface area contributed by atoms with Gasteiger partial charge in [0.15, 0.2) is 0 Å². The summed E-state index contributed by atoms with van der Waals surface area (Å²) in [4.78, 5) is 27.0. The van der Waals surface area contributed by atoms with Crippen molar-refractivity contribution in [3.05, 3.63) is 29.3 Å². The molecule has 1 aromatic carbocycles. The topological polar surface area (TPSA) is 58.6 Å². The molecule has 0 unspecified atom stereocenters. The van der Waals surface area contributed by atoms with Gasteiger partial charge in [-0.1, -0.05) is 40.0 Å². The molecule has 28 heavy (non-hydrogen) atoms. The smallest absolute Gasteiger partial charge is 0.411 e. The number of carbonyl (C=O) groups is 2. The number of piperidine rings is 1. The molecule has 1 saturated heterocycles. The second-order valence-corrected chi connectivity index (χ2v) is 9.64. The molecule has 0 radical (unpaired) electrons. The van der Waals surface area contributed by atoms with Gasteiger partial charge in [-0.3, -0.25) is 10.1 Å². The van der Waals surface area contributed by atoms with Gasteiger partial charge in [-0.05, 0) is 60.8 Å². The lowest BCUT2D eigenvalue weighted by Gasteiger charge is -2.41. The van der Waals surface area contributed by atoms with E-state index in [1.54, 1.807) is 6.07 Å². The summed E-state index contributed by atoms with van der Waals surface area (Å²) in [6.45, 7) is 10.1. The molecule has 0 aromatic heterocycles. The summed E-state index contributed by atoms with van der Waals surface area (Å²) in [7, 11) is 0. The Balaban J connectivity index is 1.60. The van der Waals surface area contributed by atoms with Crippen molar-refractivity contribution in [1.29, 1.82) is 0 Å². The van der Waals surface area contributed by atoms with Crippen LogP contribution in [0.5, 0.6) is 0 Å². The van der Waals surface area contributed by atoms with Crippen LogP contribution in [0, 0.1) is 24.2 Å². The number of nitrogens with one attached hydrogen (secondary N) is 1. The Hall–Kier alpha value is -2.04. The molecule has 2 fully saturated rings. The molecule has 154 valence electrons. The first kappa shape index (κ1) is 20.7. The second kappa shape index (κ2) is 8.54. The van der Waals surface area contributed by atoms with Crippen LogP contribution in [0.3, 0.4) is 0 Å². The standard InChI is InChI=1S/C23H34N2O3/c1-16-13-19(24-22(27)28-15-23(2,3)4)9-10-20(16)21(26)25-12-11-17-7-5-6-8-18(17)14-25/h9-10,13,17-18H,5-8,11-12,14-15H2,1-4H3,(H,24,27)/t17-,18-/m0/s1. The molecule has 3 rings (SSSR count). The molecule has 1 N–H and O–H groups in total. The van der Waals surface area contributed by atoms with E-state index >= 15 is 0 Å². The van der Waals surface area contributed by atoms with E-state index in [0.717, 1.165) is 36.6 Å². The SMILES string of the molecule is Cc1cc(NC(=O)OCC(C)(C)C)ccc1C(=O)N1CC[C@@H]2CCCC[C@H]2C1. The Morgan fingerprint density at radius 1 is 1.14 bits per heavy atom. The first-order chi connectivity index (χ1) is 13.2.